The summed E-state index contributed by atoms with van der Waals surface area (Å²) in [6, 6.07) is 30.4. The van der Waals surface area contributed by atoms with Crippen LogP contribution in [0.2, 0.25) is 0 Å². The molecule has 1 aliphatic heterocycles. The van der Waals surface area contributed by atoms with Crippen LogP contribution in [0, 0.1) is 6.92 Å². The molecule has 0 saturated carbocycles. The maximum atomic E-state index is 13.6. The highest BCUT2D eigenvalue weighted by Crippen LogP contribution is 2.55. The van der Waals surface area contributed by atoms with Crippen LogP contribution in [0.15, 0.2) is 97.2 Å². The number of benzene rings is 3. The summed E-state index contributed by atoms with van der Waals surface area (Å²) in [6.45, 7) is 8.16. The zero-order valence-electron chi connectivity index (χ0n) is 22.8. The number of pyridine rings is 1. The molecule has 1 unspecified atom stereocenters. The lowest BCUT2D eigenvalue weighted by molar-refractivity contribution is 0.0251. The standard InChI is InChI=1S/C34H32N2O3/c1-5-35(6-2)25-19-20-28(30(22-25)38-4)34(27-17-11-10-16-26(27)33(37)39-34)32-29-18-12-13-21-36(29)23(3)31(32)24-14-8-7-9-15-24/h7-22H,5-6H2,1-4H3. The summed E-state index contributed by atoms with van der Waals surface area (Å²) < 4.78 is 14.9. The highest BCUT2D eigenvalue weighted by Gasteiger charge is 2.53. The van der Waals surface area contributed by atoms with Crippen molar-refractivity contribution in [2.45, 2.75) is 26.4 Å². The van der Waals surface area contributed by atoms with Gasteiger partial charge in [0, 0.05) is 59.0 Å². The lowest BCUT2D eigenvalue weighted by Gasteiger charge is -2.33. The number of nitrogens with zero attached hydrogens (tertiary/aromatic N) is 2. The smallest absolute Gasteiger partial charge is 0.340 e. The molecule has 0 saturated heterocycles. The van der Waals surface area contributed by atoms with Crippen LogP contribution in [-0.4, -0.2) is 30.6 Å². The Bertz CT molecular complexity index is 1680. The molecule has 0 spiro atoms. The Morgan fingerprint density at radius 1 is 0.872 bits per heavy atom. The lowest BCUT2D eigenvalue weighted by Crippen LogP contribution is -2.31. The molecule has 3 heterocycles. The van der Waals surface area contributed by atoms with E-state index in [1.165, 1.54) is 0 Å². The van der Waals surface area contributed by atoms with Crippen LogP contribution in [0.5, 0.6) is 5.75 Å². The van der Waals surface area contributed by atoms with E-state index in [1.807, 2.05) is 54.6 Å². The zero-order chi connectivity index (χ0) is 27.1. The molecule has 6 rings (SSSR count). The SMILES string of the molecule is CCN(CC)c1ccc(C2(c3c(-c4ccccc4)c(C)n4ccccc34)OC(=O)c3ccccc32)c(OC)c1. The van der Waals surface area contributed by atoms with E-state index in [0.29, 0.717) is 11.3 Å². The third-order valence-corrected chi connectivity index (χ3v) is 7.97. The number of esters is 1. The van der Waals surface area contributed by atoms with Gasteiger partial charge in [-0.3, -0.25) is 0 Å². The van der Waals surface area contributed by atoms with Gasteiger partial charge in [-0.05, 0) is 56.7 Å². The van der Waals surface area contributed by atoms with E-state index in [1.54, 1.807) is 7.11 Å². The number of cyclic esters (lactones) is 1. The number of aryl methyl sites for hydroxylation is 1. The number of anilines is 1. The van der Waals surface area contributed by atoms with Crippen molar-refractivity contribution < 1.29 is 14.3 Å². The van der Waals surface area contributed by atoms with Crippen LogP contribution in [0.3, 0.4) is 0 Å². The summed E-state index contributed by atoms with van der Waals surface area (Å²) >= 11 is 0. The third kappa shape index (κ3) is 3.64. The second-order valence-corrected chi connectivity index (χ2v) is 9.83. The minimum atomic E-state index is -1.22. The van der Waals surface area contributed by atoms with Gasteiger partial charge < -0.3 is 18.8 Å². The number of aromatic nitrogens is 1. The Morgan fingerprint density at radius 3 is 2.33 bits per heavy atom. The normalized spacial score (nSPS) is 16.3. The fourth-order valence-corrected chi connectivity index (χ4v) is 6.18. The van der Waals surface area contributed by atoms with Crippen LogP contribution < -0.4 is 9.64 Å². The quantitative estimate of drug-likeness (QED) is 0.214. The van der Waals surface area contributed by atoms with Gasteiger partial charge in [-0.1, -0.05) is 54.6 Å². The fraction of sp³-hybridized carbons (Fsp3) is 0.206. The molecule has 5 nitrogen and oxygen atoms in total. The highest BCUT2D eigenvalue weighted by molar-refractivity contribution is 5.98. The Kier molecular flexibility index (Phi) is 6.15. The van der Waals surface area contributed by atoms with Gasteiger partial charge >= 0.3 is 5.97 Å². The number of rotatable bonds is 7. The summed E-state index contributed by atoms with van der Waals surface area (Å²) in [4.78, 5) is 15.9. The van der Waals surface area contributed by atoms with Gasteiger partial charge in [0.2, 0.25) is 0 Å². The Morgan fingerprint density at radius 2 is 1.59 bits per heavy atom. The summed E-state index contributed by atoms with van der Waals surface area (Å²) in [5, 5.41) is 0. The Balaban J connectivity index is 1.77. The van der Waals surface area contributed by atoms with Crippen molar-refractivity contribution in [3.8, 4) is 16.9 Å². The number of fused-ring (bicyclic) bond motifs is 2. The first-order valence-corrected chi connectivity index (χ1v) is 13.5. The molecule has 0 amide bonds. The molecule has 0 N–H and O–H groups in total. The van der Waals surface area contributed by atoms with Crippen LogP contribution in [0.25, 0.3) is 16.6 Å². The average Bonchev–Trinajstić information content (AvgIpc) is 3.46. The summed E-state index contributed by atoms with van der Waals surface area (Å²) in [6.07, 6.45) is 2.07. The first-order valence-electron chi connectivity index (χ1n) is 13.5. The predicted molar refractivity (Wildman–Crippen MR) is 156 cm³/mol. The van der Waals surface area contributed by atoms with Gasteiger partial charge in [-0.15, -0.1) is 0 Å². The van der Waals surface area contributed by atoms with E-state index in [-0.39, 0.29) is 5.97 Å². The first-order chi connectivity index (χ1) is 19.0. The Labute approximate surface area is 229 Å². The van der Waals surface area contributed by atoms with Crippen LogP contribution in [-0.2, 0) is 10.3 Å². The molecule has 5 aromatic rings. The molecule has 0 bridgehead atoms. The van der Waals surface area contributed by atoms with Gasteiger partial charge in [0.25, 0.3) is 0 Å². The average molecular weight is 517 g/mol. The summed E-state index contributed by atoms with van der Waals surface area (Å²) in [5.41, 5.74) is 7.12. The maximum Gasteiger partial charge on any atom is 0.340 e. The molecule has 5 heteroatoms. The van der Waals surface area contributed by atoms with E-state index in [2.05, 4.69) is 72.7 Å². The van der Waals surface area contributed by atoms with Crippen molar-refractivity contribution in [3.05, 3.63) is 125 Å². The molecular formula is C34H32N2O3. The molecule has 196 valence electrons. The van der Waals surface area contributed by atoms with E-state index in [4.69, 9.17) is 9.47 Å². The lowest BCUT2D eigenvalue weighted by atomic mass is 9.76. The van der Waals surface area contributed by atoms with Gasteiger partial charge in [-0.25, -0.2) is 4.79 Å². The molecule has 39 heavy (non-hydrogen) atoms. The minimum Gasteiger partial charge on any atom is -0.496 e. The molecule has 0 fully saturated rings. The van der Waals surface area contributed by atoms with Crippen molar-refractivity contribution >= 4 is 17.2 Å². The highest BCUT2D eigenvalue weighted by atomic mass is 16.6. The molecule has 0 aliphatic carbocycles. The molecule has 2 aromatic heterocycles. The van der Waals surface area contributed by atoms with E-state index < -0.39 is 5.60 Å². The second-order valence-electron chi connectivity index (χ2n) is 9.83. The number of hydrogen-bond donors (Lipinski definition) is 0. The van der Waals surface area contributed by atoms with Gasteiger partial charge in [0.05, 0.1) is 18.2 Å². The van der Waals surface area contributed by atoms with Crippen LogP contribution in [0.4, 0.5) is 5.69 Å². The third-order valence-electron chi connectivity index (χ3n) is 7.97. The van der Waals surface area contributed by atoms with E-state index in [0.717, 1.165) is 57.8 Å². The van der Waals surface area contributed by atoms with Gasteiger partial charge in [0.1, 0.15) is 5.75 Å². The van der Waals surface area contributed by atoms with Gasteiger partial charge in [-0.2, -0.15) is 0 Å². The fourth-order valence-electron chi connectivity index (χ4n) is 6.18. The zero-order valence-corrected chi connectivity index (χ0v) is 22.8. The first kappa shape index (κ1) is 24.8. The largest absolute Gasteiger partial charge is 0.496 e. The topological polar surface area (TPSA) is 43.2 Å². The van der Waals surface area contributed by atoms with Crippen LogP contribution >= 0.6 is 0 Å². The van der Waals surface area contributed by atoms with Crippen molar-refractivity contribution in [2.75, 3.05) is 25.1 Å². The number of hydrogen-bond acceptors (Lipinski definition) is 4. The van der Waals surface area contributed by atoms with E-state index >= 15 is 0 Å². The monoisotopic (exact) mass is 516 g/mol. The number of carbonyl (C=O) groups excluding carboxylic acids is 1. The number of ether oxygens (including phenoxy) is 2. The van der Waals surface area contributed by atoms with Crippen molar-refractivity contribution in [2.24, 2.45) is 0 Å². The minimum absolute atomic E-state index is 0.340. The molecule has 1 atom stereocenters. The van der Waals surface area contributed by atoms with Crippen molar-refractivity contribution in [3.63, 3.8) is 0 Å². The predicted octanol–water partition coefficient (Wildman–Crippen LogP) is 7.23. The number of carbonyl (C=O) groups is 1. The van der Waals surface area contributed by atoms with Gasteiger partial charge in [0.15, 0.2) is 5.60 Å². The van der Waals surface area contributed by atoms with Crippen molar-refractivity contribution in [1.29, 1.82) is 0 Å². The summed E-state index contributed by atoms with van der Waals surface area (Å²) in [7, 11) is 1.68. The Hall–Kier alpha value is -4.51. The van der Waals surface area contributed by atoms with Crippen LogP contribution in [0.1, 0.15) is 46.6 Å². The van der Waals surface area contributed by atoms with Crippen molar-refractivity contribution in [1.82, 2.24) is 4.40 Å². The number of methoxy groups -OCH3 is 1. The molecule has 1 aliphatic rings. The summed E-state index contributed by atoms with van der Waals surface area (Å²) in [5.74, 6) is 0.336. The molecule has 0 radical (unpaired) electrons. The van der Waals surface area contributed by atoms with E-state index in [9.17, 15) is 4.79 Å². The molecular weight excluding hydrogens is 484 g/mol. The second kappa shape index (κ2) is 9.66. The maximum absolute atomic E-state index is 13.6. The molecule has 3 aromatic carbocycles.